The van der Waals surface area contributed by atoms with E-state index in [1.54, 1.807) is 7.11 Å². The van der Waals surface area contributed by atoms with E-state index in [4.69, 9.17) is 9.47 Å². The lowest BCUT2D eigenvalue weighted by Gasteiger charge is -2.13. The monoisotopic (exact) mass is 289 g/mol. The van der Waals surface area contributed by atoms with Crippen LogP contribution in [0.2, 0.25) is 0 Å². The summed E-state index contributed by atoms with van der Waals surface area (Å²) in [5, 5.41) is 3.38. The fraction of sp³-hybridized carbons (Fsp3) is 0.438. The van der Waals surface area contributed by atoms with Gasteiger partial charge >= 0.3 is 0 Å². The highest BCUT2D eigenvalue weighted by Crippen LogP contribution is 2.18. The van der Waals surface area contributed by atoms with Gasteiger partial charge in [0.1, 0.15) is 18.2 Å². The molecule has 1 N–H and O–H groups in total. The van der Waals surface area contributed by atoms with Crippen LogP contribution in [-0.4, -0.2) is 29.9 Å². The van der Waals surface area contributed by atoms with E-state index < -0.39 is 0 Å². The zero-order valence-corrected chi connectivity index (χ0v) is 12.9. The number of hydrogen-bond acceptors (Lipinski definition) is 4. The van der Waals surface area contributed by atoms with Crippen molar-refractivity contribution in [3.8, 4) is 5.75 Å². The summed E-state index contributed by atoms with van der Waals surface area (Å²) in [6.07, 6.45) is 3.84. The maximum Gasteiger partial charge on any atom is 0.128 e. The molecule has 0 saturated heterocycles. The Labute approximate surface area is 125 Å². The molecule has 114 valence electrons. The molecule has 0 atom stereocenters. The summed E-state index contributed by atoms with van der Waals surface area (Å²) in [6, 6.07) is 8.33. The van der Waals surface area contributed by atoms with E-state index in [9.17, 15) is 0 Å². The van der Waals surface area contributed by atoms with Gasteiger partial charge in [0.2, 0.25) is 0 Å². The first-order chi connectivity index (χ1) is 10.2. The van der Waals surface area contributed by atoms with Crippen LogP contribution < -0.4 is 10.1 Å². The smallest absolute Gasteiger partial charge is 0.128 e. The summed E-state index contributed by atoms with van der Waals surface area (Å²) < 4.78 is 12.7. The summed E-state index contributed by atoms with van der Waals surface area (Å²) >= 11 is 0. The van der Waals surface area contributed by atoms with Gasteiger partial charge in [-0.05, 0) is 26.0 Å². The number of benzene rings is 1. The maximum absolute atomic E-state index is 5.60. The van der Waals surface area contributed by atoms with E-state index in [-0.39, 0.29) is 0 Å². The zero-order chi connectivity index (χ0) is 15.1. The number of anilines is 1. The molecule has 5 heteroatoms. The maximum atomic E-state index is 5.60. The van der Waals surface area contributed by atoms with E-state index in [1.165, 1.54) is 0 Å². The fourth-order valence-corrected chi connectivity index (χ4v) is 2.07. The van der Waals surface area contributed by atoms with Crippen molar-refractivity contribution in [2.24, 2.45) is 0 Å². The van der Waals surface area contributed by atoms with Crippen LogP contribution in [0.3, 0.4) is 0 Å². The molecular weight excluding hydrogens is 266 g/mol. The first-order valence-corrected chi connectivity index (χ1v) is 7.18. The second-order valence-corrected chi connectivity index (χ2v) is 5.07. The largest absolute Gasteiger partial charge is 0.491 e. The van der Waals surface area contributed by atoms with E-state index >= 15 is 0 Å². The van der Waals surface area contributed by atoms with Crippen LogP contribution in [0.5, 0.6) is 5.75 Å². The lowest BCUT2D eigenvalue weighted by molar-refractivity contribution is 0.146. The number of imidazole rings is 1. The topological polar surface area (TPSA) is 48.3 Å². The summed E-state index contributed by atoms with van der Waals surface area (Å²) in [5.41, 5.74) is 1.02. The number of aromatic nitrogens is 2. The number of methoxy groups -OCH3 is 1. The fourth-order valence-electron chi connectivity index (χ4n) is 2.07. The first-order valence-electron chi connectivity index (χ1n) is 7.18. The van der Waals surface area contributed by atoms with Gasteiger partial charge in [0, 0.05) is 37.3 Å². The third-order valence-corrected chi connectivity index (χ3v) is 3.15. The minimum atomic E-state index is 0.410. The molecule has 0 radical (unpaired) electrons. The first kappa shape index (κ1) is 15.4. The number of nitrogens with zero attached hydrogens (tertiary/aromatic N) is 2. The molecule has 0 aliphatic carbocycles. The van der Waals surface area contributed by atoms with Crippen molar-refractivity contribution < 1.29 is 9.47 Å². The Kier molecular flexibility index (Phi) is 5.63. The summed E-state index contributed by atoms with van der Waals surface area (Å²) in [7, 11) is 1.66. The van der Waals surface area contributed by atoms with Crippen molar-refractivity contribution >= 4 is 5.69 Å². The van der Waals surface area contributed by atoms with Crippen molar-refractivity contribution in [1.82, 2.24) is 9.55 Å². The predicted molar refractivity (Wildman–Crippen MR) is 83.8 cm³/mol. The highest BCUT2D eigenvalue weighted by Gasteiger charge is 2.05. The van der Waals surface area contributed by atoms with E-state index in [2.05, 4.69) is 28.7 Å². The van der Waals surface area contributed by atoms with Crippen LogP contribution in [-0.2, 0) is 11.3 Å². The zero-order valence-electron chi connectivity index (χ0n) is 12.9. The number of rotatable bonds is 8. The molecule has 1 aromatic carbocycles. The second kappa shape index (κ2) is 7.69. The molecule has 0 unspecified atom stereocenters. The molecular formula is C16H23N3O2. The van der Waals surface area contributed by atoms with Gasteiger partial charge < -0.3 is 19.4 Å². The Hall–Kier alpha value is -2.01. The van der Waals surface area contributed by atoms with Crippen molar-refractivity contribution in [2.75, 3.05) is 25.6 Å². The third-order valence-electron chi connectivity index (χ3n) is 3.15. The molecule has 0 aliphatic heterocycles. The van der Waals surface area contributed by atoms with E-state index in [1.807, 2.05) is 36.7 Å². The van der Waals surface area contributed by atoms with Gasteiger partial charge in [-0.2, -0.15) is 0 Å². The van der Waals surface area contributed by atoms with Crippen molar-refractivity contribution in [3.63, 3.8) is 0 Å². The van der Waals surface area contributed by atoms with Gasteiger partial charge in [-0.1, -0.05) is 6.07 Å². The molecule has 0 bridgehead atoms. The Morgan fingerprint density at radius 1 is 1.29 bits per heavy atom. The Morgan fingerprint density at radius 3 is 2.90 bits per heavy atom. The SMILES string of the molecule is COCCOc1cccc(NCc2nccn2C(C)C)c1. The van der Waals surface area contributed by atoms with Gasteiger partial charge in [-0.25, -0.2) is 4.98 Å². The highest BCUT2D eigenvalue weighted by atomic mass is 16.5. The van der Waals surface area contributed by atoms with Gasteiger partial charge in [-0.3, -0.25) is 0 Å². The van der Waals surface area contributed by atoms with Crippen molar-refractivity contribution in [3.05, 3.63) is 42.5 Å². The van der Waals surface area contributed by atoms with Gasteiger partial charge in [0.05, 0.1) is 13.2 Å². The molecule has 2 aromatic rings. The van der Waals surface area contributed by atoms with Crippen molar-refractivity contribution in [2.45, 2.75) is 26.4 Å². The van der Waals surface area contributed by atoms with Crippen LogP contribution in [0.4, 0.5) is 5.69 Å². The van der Waals surface area contributed by atoms with Crippen molar-refractivity contribution in [1.29, 1.82) is 0 Å². The lowest BCUT2D eigenvalue weighted by atomic mass is 10.3. The quantitative estimate of drug-likeness (QED) is 0.759. The number of ether oxygens (including phenoxy) is 2. The molecule has 2 rings (SSSR count). The molecule has 0 aliphatic rings. The molecule has 1 aromatic heterocycles. The van der Waals surface area contributed by atoms with E-state index in [0.29, 0.717) is 25.8 Å². The van der Waals surface area contributed by atoms with Gasteiger partial charge in [-0.15, -0.1) is 0 Å². The minimum absolute atomic E-state index is 0.410. The molecule has 0 spiro atoms. The summed E-state index contributed by atoms with van der Waals surface area (Å²) in [5.74, 6) is 1.86. The molecule has 0 saturated carbocycles. The minimum Gasteiger partial charge on any atom is -0.491 e. The standard InChI is InChI=1S/C16H23N3O2/c1-13(2)19-8-7-17-16(19)12-18-14-5-4-6-15(11-14)21-10-9-20-3/h4-8,11,13,18H,9-10,12H2,1-3H3. The number of hydrogen-bond donors (Lipinski definition) is 1. The highest BCUT2D eigenvalue weighted by molar-refractivity contribution is 5.48. The molecule has 1 heterocycles. The Morgan fingerprint density at radius 2 is 2.14 bits per heavy atom. The molecule has 5 nitrogen and oxygen atoms in total. The lowest BCUT2D eigenvalue weighted by Crippen LogP contribution is -2.10. The van der Waals surface area contributed by atoms with Crippen LogP contribution in [0.15, 0.2) is 36.7 Å². The number of nitrogens with one attached hydrogen (secondary N) is 1. The molecule has 21 heavy (non-hydrogen) atoms. The van der Waals surface area contributed by atoms with Crippen LogP contribution >= 0.6 is 0 Å². The summed E-state index contributed by atoms with van der Waals surface area (Å²) in [6.45, 7) is 6.12. The van der Waals surface area contributed by atoms with Gasteiger partial charge in [0.15, 0.2) is 0 Å². The van der Waals surface area contributed by atoms with Gasteiger partial charge in [0.25, 0.3) is 0 Å². The predicted octanol–water partition coefficient (Wildman–Crippen LogP) is 3.10. The normalized spacial score (nSPS) is 10.9. The molecule has 0 fully saturated rings. The third kappa shape index (κ3) is 4.49. The molecule has 0 amide bonds. The van der Waals surface area contributed by atoms with Crippen LogP contribution in [0.25, 0.3) is 0 Å². The Balaban J connectivity index is 1.93. The second-order valence-electron chi connectivity index (χ2n) is 5.07. The van der Waals surface area contributed by atoms with Crippen LogP contribution in [0.1, 0.15) is 25.7 Å². The van der Waals surface area contributed by atoms with E-state index in [0.717, 1.165) is 17.3 Å². The summed E-state index contributed by atoms with van der Waals surface area (Å²) in [4.78, 5) is 4.39. The average molecular weight is 289 g/mol. The van der Waals surface area contributed by atoms with Crippen LogP contribution in [0, 0.1) is 0 Å². The average Bonchev–Trinajstić information content (AvgIpc) is 2.94. The Bertz CT molecular complexity index is 552.